The van der Waals surface area contributed by atoms with Crippen LogP contribution >= 0.6 is 9.55 Å². The molecule has 2 aromatic carbocycles. The Bertz CT molecular complexity index is 1680. The minimum Gasteiger partial charge on any atom is -0.416 e. The van der Waals surface area contributed by atoms with E-state index in [2.05, 4.69) is 33.3 Å². The van der Waals surface area contributed by atoms with E-state index < -0.39 is 75.9 Å². The molecule has 0 aliphatic carbocycles. The Labute approximate surface area is 285 Å². The number of quaternary nitrogens is 1. The summed E-state index contributed by atoms with van der Waals surface area (Å²) in [5.41, 5.74) is -0.472. The van der Waals surface area contributed by atoms with Crippen molar-refractivity contribution in [1.29, 1.82) is 0 Å². The van der Waals surface area contributed by atoms with Gasteiger partial charge in [0, 0.05) is 32.0 Å². The van der Waals surface area contributed by atoms with Crippen LogP contribution in [0.3, 0.4) is 0 Å². The molecule has 2 aromatic heterocycles. The maximum absolute atomic E-state index is 13.5. The molecule has 1 unspecified atom stereocenters. The predicted octanol–water partition coefficient (Wildman–Crippen LogP) is 9.24. The summed E-state index contributed by atoms with van der Waals surface area (Å²) in [5.74, 6) is -19.8. The first-order chi connectivity index (χ1) is 23.8. The van der Waals surface area contributed by atoms with Crippen LogP contribution in [0, 0.1) is 52.5 Å². The quantitative estimate of drug-likeness (QED) is 0.0386. The molecule has 0 fully saturated rings. The molecule has 1 atom stereocenters. The largest absolute Gasteiger partial charge is 0.416 e. The predicted molar refractivity (Wildman–Crippen MR) is 169 cm³/mol. The molecule has 0 amide bonds. The molecule has 0 aliphatic rings. The monoisotopic (exact) mass is 745 g/mol. The Morgan fingerprint density at radius 3 is 1.26 bits per heavy atom. The van der Waals surface area contributed by atoms with Crippen molar-refractivity contribution in [2.45, 2.75) is 34.1 Å². The lowest BCUT2D eigenvalue weighted by molar-refractivity contribution is 0.0707. The van der Waals surface area contributed by atoms with Gasteiger partial charge in [0.2, 0.25) is 46.5 Å². The molecule has 0 N–H and O–H groups in total. The second-order valence-electron chi connectivity index (χ2n) is 9.87. The summed E-state index contributed by atoms with van der Waals surface area (Å²) in [6, 6.07) is 4.59. The Hall–Kier alpha value is -4.63. The second-order valence-corrected chi connectivity index (χ2v) is 9.87. The molecule has 4 aromatic rings. The molecule has 2 heterocycles. The normalized spacial score (nSPS) is 10.3. The van der Waals surface area contributed by atoms with Gasteiger partial charge in [0.25, 0.3) is 0 Å². The number of esters is 2. The summed E-state index contributed by atoms with van der Waals surface area (Å²) in [6.07, 6.45) is 3.13. The number of halogens is 10. The lowest BCUT2D eigenvalue weighted by atomic mass is 10.2. The molecule has 4 rings (SSSR count). The highest BCUT2D eigenvalue weighted by Crippen LogP contribution is 2.28. The van der Waals surface area contributed by atoms with Gasteiger partial charge >= 0.3 is 11.9 Å². The van der Waals surface area contributed by atoms with Gasteiger partial charge in [-0.05, 0) is 18.2 Å². The van der Waals surface area contributed by atoms with E-state index in [4.69, 9.17) is 1.37 Å². The van der Waals surface area contributed by atoms with Crippen molar-refractivity contribution in [2.75, 3.05) is 21.1 Å². The third kappa shape index (κ3) is 13.0. The van der Waals surface area contributed by atoms with Crippen LogP contribution in [0.1, 0.15) is 56.2 Å². The number of carbonyl (C=O) groups excluding carboxylic acids is 2. The number of nitrogens with zero attached hydrogens (tertiary/aromatic N) is 3. The first-order valence-electron chi connectivity index (χ1n) is 14.6. The van der Waals surface area contributed by atoms with Crippen molar-refractivity contribution >= 4 is 27.3 Å². The Balaban J connectivity index is 0.000000819. The zero-order chi connectivity index (χ0) is 39.6. The fourth-order valence-electron chi connectivity index (χ4n) is 2.99. The van der Waals surface area contributed by atoms with E-state index in [0.717, 1.165) is 34.1 Å². The van der Waals surface area contributed by atoms with Gasteiger partial charge in [0.05, 0.1) is 41.8 Å². The Morgan fingerprint density at radius 1 is 0.680 bits per heavy atom. The molecule has 0 saturated heterocycles. The SMILES string of the molecule is CCC.C[N+](C)(C)c1ccc(C(=O)Oc2c(F)c(F)cc(F)c2F)cn1.FP.O=C(Oc1c(F)c(F)cc(F)c1F)c1ccc([18F])nc1.[3H]CC. The lowest BCUT2D eigenvalue weighted by Gasteiger charge is -2.21. The van der Waals surface area contributed by atoms with Crippen molar-refractivity contribution in [1.82, 2.24) is 14.5 Å². The number of benzene rings is 2. The smallest absolute Gasteiger partial charge is 0.345 e. The first kappa shape index (κ1) is 43.4. The summed E-state index contributed by atoms with van der Waals surface area (Å²) in [7, 11) is 6.46. The van der Waals surface area contributed by atoms with Gasteiger partial charge in [-0.3, -0.25) is 4.48 Å². The topological polar surface area (TPSA) is 78.4 Å². The minimum atomic E-state index is -1.85. The van der Waals surface area contributed by atoms with E-state index in [-0.39, 0.29) is 23.3 Å². The average Bonchev–Trinajstić information content (AvgIpc) is 3.08. The van der Waals surface area contributed by atoms with Crippen LogP contribution in [0.2, 0.25) is 0 Å². The summed E-state index contributed by atoms with van der Waals surface area (Å²) in [6.45, 7) is 6.54. The zero-order valence-electron chi connectivity index (χ0n) is 28.4. The molecule has 18 heteroatoms. The van der Waals surface area contributed by atoms with Gasteiger partial charge in [-0.15, -0.1) is 0 Å². The fourth-order valence-corrected chi connectivity index (χ4v) is 2.99. The van der Waals surface area contributed by atoms with Crippen LogP contribution in [0.15, 0.2) is 48.8 Å². The molecule has 274 valence electrons. The lowest BCUT2D eigenvalue weighted by Crippen LogP contribution is -2.35. The van der Waals surface area contributed by atoms with E-state index >= 15 is 0 Å². The van der Waals surface area contributed by atoms with Crippen LogP contribution in [-0.2, 0) is 0 Å². The molecular formula is C32H33F10N3O4P+. The van der Waals surface area contributed by atoms with Crippen molar-refractivity contribution in [3.8, 4) is 11.5 Å². The van der Waals surface area contributed by atoms with E-state index in [0.29, 0.717) is 17.2 Å². The van der Waals surface area contributed by atoms with Crippen LogP contribution in [0.5, 0.6) is 11.5 Å². The van der Waals surface area contributed by atoms with Crippen molar-refractivity contribution < 1.29 is 64.1 Å². The zero-order valence-corrected chi connectivity index (χ0v) is 28.5. The molecule has 0 radical (unpaired) electrons. The maximum Gasteiger partial charge on any atom is 0.345 e. The number of aromatic nitrogens is 2. The third-order valence-corrected chi connectivity index (χ3v) is 5.17. The van der Waals surface area contributed by atoms with Crippen LogP contribution in [0.4, 0.5) is 49.5 Å². The van der Waals surface area contributed by atoms with Crippen LogP contribution in [-0.4, -0.2) is 43.0 Å². The molecule has 0 spiro atoms. The molecule has 7 nitrogen and oxygen atoms in total. The first-order valence-corrected chi connectivity index (χ1v) is 14.3. The summed E-state index contributed by atoms with van der Waals surface area (Å²) < 4.78 is 143. The number of carbonyl (C=O) groups is 2. The number of ether oxygens (including phenoxy) is 2. The highest BCUT2D eigenvalue weighted by molar-refractivity contribution is 7.09. The van der Waals surface area contributed by atoms with Gasteiger partial charge in [0.1, 0.15) is 0 Å². The molecule has 0 bridgehead atoms. The van der Waals surface area contributed by atoms with Crippen LogP contribution in [0.25, 0.3) is 0 Å². The molecule has 0 saturated carbocycles. The number of pyridine rings is 2. The molecule has 0 aliphatic heterocycles. The van der Waals surface area contributed by atoms with Crippen molar-refractivity contribution in [3.63, 3.8) is 0 Å². The van der Waals surface area contributed by atoms with Gasteiger partial charge < -0.3 is 9.47 Å². The summed E-state index contributed by atoms with van der Waals surface area (Å²) >= 11 is 0. The fraction of sp³-hybridized carbons (Fsp3) is 0.250. The highest BCUT2D eigenvalue weighted by Gasteiger charge is 2.25. The van der Waals surface area contributed by atoms with Crippen molar-refractivity contribution in [3.05, 3.63) is 112 Å². The van der Waals surface area contributed by atoms with Gasteiger partial charge in [-0.1, -0.05) is 34.1 Å². The van der Waals surface area contributed by atoms with Gasteiger partial charge in [0.15, 0.2) is 23.3 Å². The summed E-state index contributed by atoms with van der Waals surface area (Å²) in [4.78, 5) is 30.5. The standard InChI is InChI=1S/C15H13F4N2O2.C12H4F5NO2.C3H8.C2H6.FH2P/c1-21(2,3)11-5-4-8(7-20-11)15(22)23-14-12(18)9(16)6-10(17)13(14)19;13-6-3-7(14)10(17)11(9(6)16)20-12(19)5-1-2-8(15)18-4-5;1-3-2;2*1-2/h4-7H,1-3H3;1-4H;3H2,1-2H3;1-2H3;2H2/q+1;;;;/i;15-1;;1T;. The van der Waals surface area contributed by atoms with Crippen LogP contribution < -0.4 is 14.0 Å². The number of hydrogen-bond donors (Lipinski definition) is 0. The van der Waals surface area contributed by atoms with E-state index in [1.165, 1.54) is 18.6 Å². The third-order valence-electron chi connectivity index (χ3n) is 5.17. The highest BCUT2D eigenvalue weighted by atomic mass is 31.1. The van der Waals surface area contributed by atoms with Gasteiger partial charge in [-0.25, -0.2) is 41.3 Å². The molecule has 50 heavy (non-hydrogen) atoms. The summed E-state index contributed by atoms with van der Waals surface area (Å²) in [5, 5.41) is 0. The van der Waals surface area contributed by atoms with E-state index in [9.17, 15) is 53.3 Å². The Kier molecular flexibility index (Phi) is 18.6. The second kappa shape index (κ2) is 21.5. The van der Waals surface area contributed by atoms with Gasteiger partial charge in [-0.2, -0.15) is 22.0 Å². The van der Waals surface area contributed by atoms with E-state index in [1.54, 1.807) is 6.92 Å². The Morgan fingerprint density at radius 2 is 1.00 bits per heavy atom. The maximum atomic E-state index is 13.5. The number of rotatable bonds is 5. The van der Waals surface area contributed by atoms with E-state index in [1.807, 2.05) is 21.1 Å². The average molecular weight is 746 g/mol. The minimum absolute atomic E-state index is 0.0263. The number of hydrogen-bond acceptors (Lipinski definition) is 6. The molecular weight excluding hydrogens is 710 g/mol. The van der Waals surface area contributed by atoms with Crippen molar-refractivity contribution in [2.24, 2.45) is 0 Å².